The SMILES string of the molecule is CCNc1cc(-n2cc(Cl)c(C)n2)cc([N+](=O)[O-])c1. The summed E-state index contributed by atoms with van der Waals surface area (Å²) < 4.78 is 1.53. The first-order valence-electron chi connectivity index (χ1n) is 5.76. The van der Waals surface area contributed by atoms with Gasteiger partial charge in [0.15, 0.2) is 0 Å². The number of non-ortho nitro benzene ring substituents is 1. The van der Waals surface area contributed by atoms with Crippen LogP contribution < -0.4 is 5.32 Å². The van der Waals surface area contributed by atoms with Crippen LogP contribution in [0.3, 0.4) is 0 Å². The molecule has 0 bridgehead atoms. The summed E-state index contributed by atoms with van der Waals surface area (Å²) in [6.45, 7) is 4.38. The lowest BCUT2D eigenvalue weighted by atomic mass is 10.2. The summed E-state index contributed by atoms with van der Waals surface area (Å²) in [5, 5.41) is 18.7. The fraction of sp³-hybridized carbons (Fsp3) is 0.250. The fourth-order valence-electron chi connectivity index (χ4n) is 1.71. The lowest BCUT2D eigenvalue weighted by molar-refractivity contribution is -0.384. The number of aromatic nitrogens is 2. The summed E-state index contributed by atoms with van der Waals surface area (Å²) in [6, 6.07) is 4.74. The molecule has 0 aliphatic carbocycles. The molecule has 7 heteroatoms. The molecule has 1 heterocycles. The molecule has 0 atom stereocenters. The van der Waals surface area contributed by atoms with E-state index in [1.54, 1.807) is 19.2 Å². The molecule has 1 aromatic heterocycles. The summed E-state index contributed by atoms with van der Waals surface area (Å²) >= 11 is 5.95. The highest BCUT2D eigenvalue weighted by molar-refractivity contribution is 6.31. The van der Waals surface area contributed by atoms with Crippen molar-refractivity contribution < 1.29 is 4.92 Å². The number of nitrogens with one attached hydrogen (secondary N) is 1. The largest absolute Gasteiger partial charge is 0.385 e. The van der Waals surface area contributed by atoms with Crippen molar-refractivity contribution in [1.82, 2.24) is 9.78 Å². The van der Waals surface area contributed by atoms with Crippen LogP contribution in [-0.4, -0.2) is 21.2 Å². The molecular weight excluding hydrogens is 268 g/mol. The second-order valence-corrected chi connectivity index (χ2v) is 4.44. The first kappa shape index (κ1) is 13.4. The van der Waals surface area contributed by atoms with Crippen LogP contribution in [0.25, 0.3) is 5.69 Å². The number of benzene rings is 1. The molecule has 19 heavy (non-hydrogen) atoms. The molecule has 2 rings (SSSR count). The van der Waals surface area contributed by atoms with E-state index in [4.69, 9.17) is 11.6 Å². The van der Waals surface area contributed by atoms with Gasteiger partial charge in [-0.15, -0.1) is 0 Å². The molecule has 1 N–H and O–H groups in total. The van der Waals surface area contributed by atoms with Crippen molar-refractivity contribution in [2.24, 2.45) is 0 Å². The van der Waals surface area contributed by atoms with Gasteiger partial charge in [0.05, 0.1) is 21.3 Å². The predicted molar refractivity (Wildman–Crippen MR) is 74.1 cm³/mol. The average molecular weight is 281 g/mol. The summed E-state index contributed by atoms with van der Waals surface area (Å²) in [5.41, 5.74) is 1.96. The van der Waals surface area contributed by atoms with Crippen LogP contribution in [-0.2, 0) is 0 Å². The van der Waals surface area contributed by atoms with E-state index in [1.165, 1.54) is 16.8 Å². The highest BCUT2D eigenvalue weighted by Gasteiger charge is 2.12. The van der Waals surface area contributed by atoms with Crippen molar-refractivity contribution in [2.45, 2.75) is 13.8 Å². The number of hydrogen-bond donors (Lipinski definition) is 1. The van der Waals surface area contributed by atoms with Crippen LogP contribution in [0.4, 0.5) is 11.4 Å². The smallest absolute Gasteiger partial charge is 0.273 e. The molecule has 0 unspecified atom stereocenters. The molecule has 2 aromatic rings. The Morgan fingerprint density at radius 2 is 2.21 bits per heavy atom. The molecule has 0 aliphatic rings. The van der Waals surface area contributed by atoms with Crippen LogP contribution >= 0.6 is 11.6 Å². The van der Waals surface area contributed by atoms with Gasteiger partial charge < -0.3 is 5.32 Å². The van der Waals surface area contributed by atoms with Gasteiger partial charge in [-0.1, -0.05) is 11.6 Å². The summed E-state index contributed by atoms with van der Waals surface area (Å²) in [4.78, 5) is 10.5. The van der Waals surface area contributed by atoms with Gasteiger partial charge in [0.2, 0.25) is 0 Å². The van der Waals surface area contributed by atoms with E-state index in [9.17, 15) is 10.1 Å². The predicted octanol–water partition coefficient (Wildman–Crippen LogP) is 3.17. The third kappa shape index (κ3) is 2.85. The van der Waals surface area contributed by atoms with Crippen LogP contribution in [0.1, 0.15) is 12.6 Å². The molecule has 1 aromatic carbocycles. The maximum atomic E-state index is 10.9. The van der Waals surface area contributed by atoms with Gasteiger partial charge in [0.25, 0.3) is 5.69 Å². The van der Waals surface area contributed by atoms with E-state index in [0.29, 0.717) is 28.6 Å². The molecule has 0 saturated heterocycles. The lowest BCUT2D eigenvalue weighted by Gasteiger charge is -2.07. The van der Waals surface area contributed by atoms with Gasteiger partial charge in [0.1, 0.15) is 0 Å². The minimum atomic E-state index is -0.428. The first-order chi connectivity index (χ1) is 9.01. The van der Waals surface area contributed by atoms with Gasteiger partial charge in [-0.3, -0.25) is 10.1 Å². The molecule has 0 saturated carbocycles. The van der Waals surface area contributed by atoms with E-state index < -0.39 is 4.92 Å². The van der Waals surface area contributed by atoms with Gasteiger partial charge in [-0.2, -0.15) is 5.10 Å². The number of rotatable bonds is 4. The molecule has 0 fully saturated rings. The van der Waals surface area contributed by atoms with Crippen molar-refractivity contribution in [3.05, 3.63) is 45.2 Å². The summed E-state index contributed by atoms with van der Waals surface area (Å²) in [5.74, 6) is 0. The third-order valence-electron chi connectivity index (χ3n) is 2.60. The fourth-order valence-corrected chi connectivity index (χ4v) is 1.84. The Morgan fingerprint density at radius 3 is 2.74 bits per heavy atom. The van der Waals surface area contributed by atoms with Gasteiger partial charge in [0, 0.05) is 30.6 Å². The van der Waals surface area contributed by atoms with E-state index in [-0.39, 0.29) is 5.69 Å². The Hall–Kier alpha value is -2.08. The number of halogens is 1. The number of nitro benzene ring substituents is 1. The standard InChI is InChI=1S/C12H13ClN4O2/c1-3-14-9-4-10(6-11(5-9)17(18)19)16-7-12(13)8(2)15-16/h4-7,14H,3H2,1-2H3. The minimum absolute atomic E-state index is 0.0118. The number of hydrogen-bond acceptors (Lipinski definition) is 4. The van der Waals surface area contributed by atoms with Gasteiger partial charge in [-0.05, 0) is 19.9 Å². The van der Waals surface area contributed by atoms with Crippen molar-refractivity contribution in [3.8, 4) is 5.69 Å². The van der Waals surface area contributed by atoms with Crippen molar-refractivity contribution in [1.29, 1.82) is 0 Å². The minimum Gasteiger partial charge on any atom is -0.385 e. The summed E-state index contributed by atoms with van der Waals surface area (Å²) in [6.07, 6.45) is 1.63. The molecule has 0 radical (unpaired) electrons. The number of anilines is 1. The first-order valence-corrected chi connectivity index (χ1v) is 6.14. The Morgan fingerprint density at radius 1 is 1.47 bits per heavy atom. The number of nitrogens with zero attached hydrogens (tertiary/aromatic N) is 3. The van der Waals surface area contributed by atoms with Crippen LogP contribution in [0.2, 0.25) is 5.02 Å². The van der Waals surface area contributed by atoms with Crippen LogP contribution in [0, 0.1) is 17.0 Å². The monoisotopic (exact) mass is 280 g/mol. The van der Waals surface area contributed by atoms with Crippen molar-refractivity contribution >= 4 is 23.0 Å². The topological polar surface area (TPSA) is 73.0 Å². The van der Waals surface area contributed by atoms with Crippen LogP contribution in [0.5, 0.6) is 0 Å². The molecule has 6 nitrogen and oxygen atoms in total. The quantitative estimate of drug-likeness (QED) is 0.689. The highest BCUT2D eigenvalue weighted by atomic mass is 35.5. The van der Waals surface area contributed by atoms with Crippen molar-refractivity contribution in [3.63, 3.8) is 0 Å². The Balaban J connectivity index is 2.52. The molecule has 0 aliphatic heterocycles. The van der Waals surface area contributed by atoms with Gasteiger partial charge in [-0.25, -0.2) is 4.68 Å². The molecule has 0 amide bonds. The summed E-state index contributed by atoms with van der Waals surface area (Å²) in [7, 11) is 0. The number of aryl methyl sites for hydroxylation is 1. The second kappa shape index (κ2) is 5.27. The average Bonchev–Trinajstić information content (AvgIpc) is 2.70. The zero-order valence-electron chi connectivity index (χ0n) is 10.6. The van der Waals surface area contributed by atoms with E-state index >= 15 is 0 Å². The van der Waals surface area contributed by atoms with Gasteiger partial charge >= 0.3 is 0 Å². The normalized spacial score (nSPS) is 10.5. The maximum Gasteiger partial charge on any atom is 0.273 e. The Bertz CT molecular complexity index is 605. The zero-order valence-corrected chi connectivity index (χ0v) is 11.3. The second-order valence-electron chi connectivity index (χ2n) is 4.03. The van der Waals surface area contributed by atoms with Crippen LogP contribution in [0.15, 0.2) is 24.4 Å². The third-order valence-corrected chi connectivity index (χ3v) is 2.97. The van der Waals surface area contributed by atoms with Crippen molar-refractivity contribution in [2.75, 3.05) is 11.9 Å². The van der Waals surface area contributed by atoms with E-state index in [2.05, 4.69) is 10.4 Å². The van der Waals surface area contributed by atoms with E-state index in [1.807, 2.05) is 6.92 Å². The van der Waals surface area contributed by atoms with E-state index in [0.717, 1.165) is 0 Å². The molecular formula is C12H13ClN4O2. The Kier molecular flexibility index (Phi) is 3.71. The Labute approximate surface area is 115 Å². The lowest BCUT2D eigenvalue weighted by Crippen LogP contribution is -2.02. The zero-order chi connectivity index (χ0) is 14.0. The maximum absolute atomic E-state index is 10.9. The highest BCUT2D eigenvalue weighted by Crippen LogP contribution is 2.24. The number of nitro groups is 1. The molecule has 100 valence electrons. The molecule has 0 spiro atoms.